The summed E-state index contributed by atoms with van der Waals surface area (Å²) in [6.07, 6.45) is 0. The van der Waals surface area contributed by atoms with Gasteiger partial charge in [0.2, 0.25) is 0 Å². The molecule has 3 rings (SSSR count). The molecule has 0 atom stereocenters. The quantitative estimate of drug-likeness (QED) is 0.668. The van der Waals surface area contributed by atoms with E-state index >= 15 is 0 Å². The number of nitrogens with one attached hydrogen (secondary N) is 1. The SMILES string of the molecule is Cc1cc(Br)cc(Nc2ccc3scnc3c2N)c1. The van der Waals surface area contributed by atoms with Crippen LogP contribution in [0.5, 0.6) is 0 Å². The van der Waals surface area contributed by atoms with Crippen LogP contribution < -0.4 is 11.1 Å². The van der Waals surface area contributed by atoms with Crippen molar-refractivity contribution < 1.29 is 0 Å². The molecule has 0 saturated carbocycles. The second-order valence-corrected chi connectivity index (χ2v) is 6.17. The minimum Gasteiger partial charge on any atom is -0.395 e. The second kappa shape index (κ2) is 4.83. The van der Waals surface area contributed by atoms with E-state index in [1.165, 1.54) is 5.56 Å². The maximum absolute atomic E-state index is 6.16. The minimum atomic E-state index is 0.691. The molecule has 1 heterocycles. The molecule has 0 spiro atoms. The van der Waals surface area contributed by atoms with Crippen LogP contribution in [0.4, 0.5) is 17.1 Å². The predicted molar refractivity (Wildman–Crippen MR) is 86.2 cm³/mol. The standard InChI is InChI=1S/C14H12BrN3S/c1-8-4-9(15)6-10(5-8)18-11-2-3-12-14(13(11)16)17-7-19-12/h2-7,18H,16H2,1H3. The summed E-state index contributed by atoms with van der Waals surface area (Å²) in [5, 5.41) is 3.35. The molecule has 0 aliphatic carbocycles. The molecule has 5 heteroatoms. The van der Waals surface area contributed by atoms with Gasteiger partial charge in [-0.25, -0.2) is 4.98 Å². The van der Waals surface area contributed by atoms with E-state index in [0.29, 0.717) is 5.69 Å². The van der Waals surface area contributed by atoms with Crippen molar-refractivity contribution in [2.45, 2.75) is 6.92 Å². The first-order chi connectivity index (χ1) is 9.13. The van der Waals surface area contributed by atoms with E-state index in [9.17, 15) is 0 Å². The zero-order chi connectivity index (χ0) is 13.4. The van der Waals surface area contributed by atoms with Gasteiger partial charge in [0, 0.05) is 10.2 Å². The first-order valence-electron chi connectivity index (χ1n) is 5.79. The number of anilines is 3. The van der Waals surface area contributed by atoms with Gasteiger partial charge in [0.1, 0.15) is 5.52 Å². The summed E-state index contributed by atoms with van der Waals surface area (Å²) in [5.41, 5.74) is 12.6. The van der Waals surface area contributed by atoms with Crippen molar-refractivity contribution >= 4 is 54.5 Å². The summed E-state index contributed by atoms with van der Waals surface area (Å²) in [6, 6.07) is 10.2. The number of nitrogens with two attached hydrogens (primary N) is 1. The maximum atomic E-state index is 6.16. The Morgan fingerprint density at radius 2 is 2.11 bits per heavy atom. The Morgan fingerprint density at radius 1 is 1.26 bits per heavy atom. The molecule has 1 aromatic heterocycles. The van der Waals surface area contributed by atoms with Crippen LogP contribution >= 0.6 is 27.3 Å². The van der Waals surface area contributed by atoms with Gasteiger partial charge in [0.15, 0.2) is 0 Å². The van der Waals surface area contributed by atoms with E-state index in [-0.39, 0.29) is 0 Å². The number of rotatable bonds is 2. The highest BCUT2D eigenvalue weighted by Gasteiger charge is 2.07. The molecule has 3 nitrogen and oxygen atoms in total. The monoisotopic (exact) mass is 333 g/mol. The van der Waals surface area contributed by atoms with E-state index in [1.54, 1.807) is 11.3 Å². The summed E-state index contributed by atoms with van der Waals surface area (Å²) in [4.78, 5) is 4.30. The number of halogens is 1. The van der Waals surface area contributed by atoms with Crippen LogP contribution in [0, 0.1) is 6.92 Å². The number of fused-ring (bicyclic) bond motifs is 1. The van der Waals surface area contributed by atoms with Gasteiger partial charge in [-0.3, -0.25) is 0 Å². The lowest BCUT2D eigenvalue weighted by Gasteiger charge is -2.11. The average molecular weight is 334 g/mol. The zero-order valence-electron chi connectivity index (χ0n) is 10.3. The minimum absolute atomic E-state index is 0.691. The molecule has 0 fully saturated rings. The van der Waals surface area contributed by atoms with Crippen LogP contribution in [-0.4, -0.2) is 4.98 Å². The first kappa shape index (κ1) is 12.4. The summed E-state index contributed by atoms with van der Waals surface area (Å²) >= 11 is 5.09. The third-order valence-electron chi connectivity index (χ3n) is 2.86. The average Bonchev–Trinajstić information content (AvgIpc) is 2.80. The largest absolute Gasteiger partial charge is 0.395 e. The van der Waals surface area contributed by atoms with Crippen molar-refractivity contribution in [1.82, 2.24) is 4.98 Å². The van der Waals surface area contributed by atoms with Crippen molar-refractivity contribution in [2.75, 3.05) is 11.1 Å². The molecule has 0 saturated heterocycles. The summed E-state index contributed by atoms with van der Waals surface area (Å²) in [5.74, 6) is 0. The Labute approximate surface area is 123 Å². The highest BCUT2D eigenvalue weighted by atomic mass is 79.9. The highest BCUT2D eigenvalue weighted by Crippen LogP contribution is 2.32. The van der Waals surface area contributed by atoms with Crippen LogP contribution in [0.2, 0.25) is 0 Å². The third-order valence-corrected chi connectivity index (χ3v) is 4.11. The van der Waals surface area contributed by atoms with Gasteiger partial charge < -0.3 is 11.1 Å². The smallest absolute Gasteiger partial charge is 0.106 e. The van der Waals surface area contributed by atoms with Crippen molar-refractivity contribution in [2.24, 2.45) is 0 Å². The lowest BCUT2D eigenvalue weighted by Crippen LogP contribution is -1.97. The Morgan fingerprint density at radius 3 is 2.89 bits per heavy atom. The van der Waals surface area contributed by atoms with Gasteiger partial charge >= 0.3 is 0 Å². The van der Waals surface area contributed by atoms with Crippen LogP contribution in [0.3, 0.4) is 0 Å². The molecule has 0 bridgehead atoms. The number of benzene rings is 2. The summed E-state index contributed by atoms with van der Waals surface area (Å²) in [7, 11) is 0. The molecule has 0 aliphatic heterocycles. The Balaban J connectivity index is 2.02. The Bertz CT molecular complexity index is 731. The second-order valence-electron chi connectivity index (χ2n) is 4.37. The molecule has 0 unspecified atom stereocenters. The topological polar surface area (TPSA) is 50.9 Å². The molecule has 0 radical (unpaired) electrons. The Kier molecular flexibility index (Phi) is 3.16. The number of thiazole rings is 1. The van der Waals surface area contributed by atoms with E-state index in [0.717, 1.165) is 26.1 Å². The molecule has 3 N–H and O–H groups in total. The molecular formula is C14H12BrN3S. The van der Waals surface area contributed by atoms with Gasteiger partial charge in [-0.2, -0.15) is 0 Å². The highest BCUT2D eigenvalue weighted by molar-refractivity contribution is 9.10. The van der Waals surface area contributed by atoms with Gasteiger partial charge in [0.05, 0.1) is 21.6 Å². The molecule has 3 aromatic rings. The van der Waals surface area contributed by atoms with Crippen LogP contribution in [0.1, 0.15) is 5.56 Å². The van der Waals surface area contributed by atoms with Gasteiger partial charge in [-0.15, -0.1) is 11.3 Å². The predicted octanol–water partition coefficient (Wildman–Crippen LogP) is 4.69. The van der Waals surface area contributed by atoms with E-state index < -0.39 is 0 Å². The number of aryl methyl sites for hydroxylation is 1. The van der Waals surface area contributed by atoms with Crippen LogP contribution in [0.15, 0.2) is 40.3 Å². The summed E-state index contributed by atoms with van der Waals surface area (Å²) < 4.78 is 2.15. The van der Waals surface area contributed by atoms with Gasteiger partial charge in [-0.1, -0.05) is 15.9 Å². The molecular weight excluding hydrogens is 322 g/mol. The fourth-order valence-electron chi connectivity index (χ4n) is 2.03. The van der Waals surface area contributed by atoms with Crippen molar-refractivity contribution in [3.8, 4) is 0 Å². The fraction of sp³-hybridized carbons (Fsp3) is 0.0714. The van der Waals surface area contributed by atoms with Crippen LogP contribution in [0.25, 0.3) is 10.2 Å². The van der Waals surface area contributed by atoms with E-state index in [1.807, 2.05) is 23.7 Å². The fourth-order valence-corrected chi connectivity index (χ4v) is 3.33. The van der Waals surface area contributed by atoms with Crippen molar-refractivity contribution in [1.29, 1.82) is 0 Å². The third kappa shape index (κ3) is 2.43. The van der Waals surface area contributed by atoms with Gasteiger partial charge in [-0.05, 0) is 42.8 Å². The molecule has 0 aliphatic rings. The number of aromatic nitrogens is 1. The number of nitrogen functional groups attached to an aromatic ring is 1. The summed E-state index contributed by atoms with van der Waals surface area (Å²) in [6.45, 7) is 2.06. The van der Waals surface area contributed by atoms with Crippen molar-refractivity contribution in [3.05, 3.63) is 45.9 Å². The normalized spacial score (nSPS) is 10.8. The van der Waals surface area contributed by atoms with Crippen molar-refractivity contribution in [3.63, 3.8) is 0 Å². The Hall–Kier alpha value is -1.59. The molecule has 0 amide bonds. The lowest BCUT2D eigenvalue weighted by atomic mass is 10.2. The maximum Gasteiger partial charge on any atom is 0.106 e. The number of hydrogen-bond acceptors (Lipinski definition) is 4. The van der Waals surface area contributed by atoms with Crippen LogP contribution in [-0.2, 0) is 0 Å². The van der Waals surface area contributed by atoms with E-state index in [4.69, 9.17) is 5.73 Å². The van der Waals surface area contributed by atoms with E-state index in [2.05, 4.69) is 45.3 Å². The molecule has 2 aromatic carbocycles. The number of nitrogens with zero attached hydrogens (tertiary/aromatic N) is 1. The lowest BCUT2D eigenvalue weighted by molar-refractivity contribution is 1.43. The molecule has 19 heavy (non-hydrogen) atoms. The zero-order valence-corrected chi connectivity index (χ0v) is 12.7. The molecule has 96 valence electrons. The van der Waals surface area contributed by atoms with Gasteiger partial charge in [0.25, 0.3) is 0 Å². The number of hydrogen-bond donors (Lipinski definition) is 2. The first-order valence-corrected chi connectivity index (χ1v) is 7.46.